The lowest BCUT2D eigenvalue weighted by Crippen LogP contribution is -2.17. The van der Waals surface area contributed by atoms with Crippen LogP contribution in [-0.4, -0.2) is 27.2 Å². The van der Waals surface area contributed by atoms with Crippen molar-refractivity contribution in [3.8, 4) is 0 Å². The molecule has 0 fully saturated rings. The van der Waals surface area contributed by atoms with Gasteiger partial charge in [0, 0.05) is 0 Å². The Morgan fingerprint density at radius 2 is 1.86 bits per heavy atom. The van der Waals surface area contributed by atoms with Crippen molar-refractivity contribution in [2.75, 3.05) is 5.32 Å². The molecule has 1 amide bonds. The summed E-state index contributed by atoms with van der Waals surface area (Å²) in [5.41, 5.74) is -1.12. The smallest absolute Gasteiger partial charge is 0.336 e. The summed E-state index contributed by atoms with van der Waals surface area (Å²) < 4.78 is 26.3. The maximum Gasteiger partial charge on any atom is 0.336 e. The number of aromatic nitrogens is 2. The van der Waals surface area contributed by atoms with Gasteiger partial charge in [-0.05, 0) is 18.6 Å². The van der Waals surface area contributed by atoms with Crippen molar-refractivity contribution in [3.05, 3.63) is 39.9 Å². The maximum absolute atomic E-state index is 13.2. The lowest BCUT2D eigenvalue weighted by molar-refractivity contribution is 0.0691. The SMILES string of the molecule is CCc1nnc(NC(=O)c2cc(F)c(F)cc2C(=O)O)s1. The zero-order valence-electron chi connectivity index (χ0n) is 10.7. The van der Waals surface area contributed by atoms with E-state index >= 15 is 0 Å². The largest absolute Gasteiger partial charge is 0.478 e. The number of carboxylic acid groups (broad SMARTS) is 1. The molecule has 0 unspecified atom stereocenters. The molecule has 1 aromatic carbocycles. The molecule has 0 aliphatic heterocycles. The molecular formula is C12H9F2N3O3S. The number of aromatic carboxylic acids is 1. The van der Waals surface area contributed by atoms with Gasteiger partial charge in [-0.2, -0.15) is 0 Å². The Balaban J connectivity index is 2.34. The number of amides is 1. The summed E-state index contributed by atoms with van der Waals surface area (Å²) in [7, 11) is 0. The summed E-state index contributed by atoms with van der Waals surface area (Å²) in [5, 5.41) is 19.5. The molecule has 1 aromatic heterocycles. The number of carbonyl (C=O) groups excluding carboxylic acids is 1. The molecule has 0 spiro atoms. The van der Waals surface area contributed by atoms with Gasteiger partial charge in [0.15, 0.2) is 11.6 Å². The second-order valence-corrected chi connectivity index (χ2v) is 4.99. The average molecular weight is 313 g/mol. The first-order chi connectivity index (χ1) is 9.92. The Morgan fingerprint density at radius 1 is 1.24 bits per heavy atom. The predicted octanol–water partition coefficient (Wildman–Crippen LogP) is 2.33. The fourth-order valence-corrected chi connectivity index (χ4v) is 2.20. The zero-order valence-corrected chi connectivity index (χ0v) is 11.5. The molecule has 0 aliphatic carbocycles. The van der Waals surface area contributed by atoms with E-state index in [9.17, 15) is 18.4 Å². The van der Waals surface area contributed by atoms with Crippen molar-refractivity contribution in [1.82, 2.24) is 10.2 Å². The number of rotatable bonds is 4. The molecule has 1 heterocycles. The monoisotopic (exact) mass is 313 g/mol. The summed E-state index contributed by atoms with van der Waals surface area (Å²) in [5.74, 6) is -5.08. The van der Waals surface area contributed by atoms with Crippen molar-refractivity contribution in [2.45, 2.75) is 13.3 Å². The number of halogens is 2. The highest BCUT2D eigenvalue weighted by molar-refractivity contribution is 7.15. The molecule has 21 heavy (non-hydrogen) atoms. The summed E-state index contributed by atoms with van der Waals surface area (Å²) >= 11 is 1.11. The van der Waals surface area contributed by atoms with Crippen LogP contribution in [0.2, 0.25) is 0 Å². The van der Waals surface area contributed by atoms with E-state index in [-0.39, 0.29) is 5.13 Å². The molecule has 6 nitrogen and oxygen atoms in total. The molecule has 2 rings (SSSR count). The number of carbonyl (C=O) groups is 2. The quantitative estimate of drug-likeness (QED) is 0.904. The van der Waals surface area contributed by atoms with Crippen LogP contribution < -0.4 is 5.32 Å². The first-order valence-electron chi connectivity index (χ1n) is 5.78. The number of nitrogens with zero attached hydrogens (tertiary/aromatic N) is 2. The minimum atomic E-state index is -1.54. The van der Waals surface area contributed by atoms with Crippen molar-refractivity contribution in [2.24, 2.45) is 0 Å². The molecule has 0 aliphatic rings. The van der Waals surface area contributed by atoms with Crippen LogP contribution in [0.4, 0.5) is 13.9 Å². The number of benzene rings is 1. The highest BCUT2D eigenvalue weighted by Gasteiger charge is 2.21. The van der Waals surface area contributed by atoms with Crippen LogP contribution in [0.1, 0.15) is 32.6 Å². The van der Waals surface area contributed by atoms with Gasteiger partial charge in [0.05, 0.1) is 11.1 Å². The highest BCUT2D eigenvalue weighted by atomic mass is 32.1. The van der Waals surface area contributed by atoms with Crippen LogP contribution in [0.15, 0.2) is 12.1 Å². The Kier molecular flexibility index (Phi) is 4.22. The first kappa shape index (κ1) is 15.0. The fourth-order valence-electron chi connectivity index (χ4n) is 1.52. The number of carboxylic acids is 1. The number of hydrogen-bond donors (Lipinski definition) is 2. The molecule has 0 radical (unpaired) electrons. The van der Waals surface area contributed by atoms with Crippen LogP contribution in [-0.2, 0) is 6.42 Å². The Hall–Kier alpha value is -2.42. The number of anilines is 1. The molecule has 2 aromatic rings. The Morgan fingerprint density at radius 3 is 2.38 bits per heavy atom. The lowest BCUT2D eigenvalue weighted by Gasteiger charge is -2.06. The molecule has 110 valence electrons. The van der Waals surface area contributed by atoms with Crippen LogP contribution in [0.5, 0.6) is 0 Å². The van der Waals surface area contributed by atoms with Gasteiger partial charge < -0.3 is 5.11 Å². The second kappa shape index (κ2) is 5.92. The van der Waals surface area contributed by atoms with E-state index in [1.54, 1.807) is 0 Å². The molecule has 2 N–H and O–H groups in total. The van der Waals surface area contributed by atoms with Gasteiger partial charge in [-0.15, -0.1) is 10.2 Å². The second-order valence-electron chi connectivity index (χ2n) is 3.93. The molecule has 0 saturated heterocycles. The molecule has 9 heteroatoms. The van der Waals surface area contributed by atoms with Gasteiger partial charge in [0.1, 0.15) is 5.01 Å². The topological polar surface area (TPSA) is 92.2 Å². The van der Waals surface area contributed by atoms with Crippen LogP contribution in [0, 0.1) is 11.6 Å². The van der Waals surface area contributed by atoms with Gasteiger partial charge in [0.2, 0.25) is 5.13 Å². The Labute approximate surface area is 121 Å². The third-order valence-corrected chi connectivity index (χ3v) is 3.51. The van der Waals surface area contributed by atoms with Crippen LogP contribution >= 0.6 is 11.3 Å². The van der Waals surface area contributed by atoms with E-state index in [0.29, 0.717) is 23.6 Å². The Bertz CT molecular complexity index is 718. The highest BCUT2D eigenvalue weighted by Crippen LogP contribution is 2.19. The van der Waals surface area contributed by atoms with Gasteiger partial charge in [0.25, 0.3) is 5.91 Å². The standard InChI is InChI=1S/C12H9F2N3O3S/c1-2-9-16-17-12(21-9)15-10(18)5-3-7(13)8(14)4-6(5)11(19)20/h3-4H,2H2,1H3,(H,19,20)(H,15,17,18). The molecule has 0 atom stereocenters. The maximum atomic E-state index is 13.2. The van der Waals surface area contributed by atoms with Gasteiger partial charge in [-0.3, -0.25) is 10.1 Å². The summed E-state index contributed by atoms with van der Waals surface area (Å²) in [4.78, 5) is 23.0. The van der Waals surface area contributed by atoms with E-state index in [0.717, 1.165) is 11.3 Å². The van der Waals surface area contributed by atoms with Crippen molar-refractivity contribution >= 4 is 28.3 Å². The number of nitrogens with one attached hydrogen (secondary N) is 1. The van der Waals surface area contributed by atoms with E-state index in [2.05, 4.69) is 15.5 Å². The minimum Gasteiger partial charge on any atom is -0.478 e. The first-order valence-corrected chi connectivity index (χ1v) is 6.60. The van der Waals surface area contributed by atoms with E-state index < -0.39 is 34.6 Å². The normalized spacial score (nSPS) is 10.4. The third-order valence-electron chi connectivity index (χ3n) is 2.53. The van der Waals surface area contributed by atoms with Gasteiger partial charge >= 0.3 is 5.97 Å². The number of aryl methyl sites for hydroxylation is 1. The zero-order chi connectivity index (χ0) is 15.6. The molecular weight excluding hydrogens is 304 g/mol. The van der Waals surface area contributed by atoms with Crippen LogP contribution in [0.3, 0.4) is 0 Å². The summed E-state index contributed by atoms with van der Waals surface area (Å²) in [6, 6.07) is 1.00. The van der Waals surface area contributed by atoms with Crippen molar-refractivity contribution in [1.29, 1.82) is 0 Å². The summed E-state index contributed by atoms with van der Waals surface area (Å²) in [6.45, 7) is 1.85. The van der Waals surface area contributed by atoms with Crippen molar-refractivity contribution < 1.29 is 23.5 Å². The summed E-state index contributed by atoms with van der Waals surface area (Å²) in [6.07, 6.45) is 0.624. The van der Waals surface area contributed by atoms with Crippen LogP contribution in [0.25, 0.3) is 0 Å². The lowest BCUT2D eigenvalue weighted by atomic mass is 10.1. The fraction of sp³-hybridized carbons (Fsp3) is 0.167. The van der Waals surface area contributed by atoms with Gasteiger partial charge in [-0.25, -0.2) is 13.6 Å². The van der Waals surface area contributed by atoms with E-state index in [4.69, 9.17) is 5.11 Å². The van der Waals surface area contributed by atoms with Gasteiger partial charge in [-0.1, -0.05) is 18.3 Å². The molecule has 0 bridgehead atoms. The predicted molar refractivity (Wildman–Crippen MR) is 70.6 cm³/mol. The third kappa shape index (κ3) is 3.19. The number of hydrogen-bond acceptors (Lipinski definition) is 5. The molecule has 0 saturated carbocycles. The average Bonchev–Trinajstić information content (AvgIpc) is 2.88. The van der Waals surface area contributed by atoms with E-state index in [1.807, 2.05) is 6.92 Å². The van der Waals surface area contributed by atoms with Crippen molar-refractivity contribution in [3.63, 3.8) is 0 Å². The van der Waals surface area contributed by atoms with E-state index in [1.165, 1.54) is 0 Å². The minimum absolute atomic E-state index is 0.151.